The lowest BCUT2D eigenvalue weighted by Crippen LogP contribution is -2.77. The molecule has 2 aromatic rings. The predicted molar refractivity (Wildman–Crippen MR) is 116 cm³/mol. The Labute approximate surface area is 210 Å². The highest BCUT2D eigenvalue weighted by Gasteiger charge is 2.67. The molecule has 6 rings (SSSR count). The lowest BCUT2D eigenvalue weighted by Gasteiger charge is -2.57. The van der Waals surface area contributed by atoms with Gasteiger partial charge in [0.1, 0.15) is 36.6 Å². The molecule has 1 aliphatic carbocycles. The molecule has 202 valence electrons. The van der Waals surface area contributed by atoms with Gasteiger partial charge in [-0.3, -0.25) is 13.1 Å². The van der Waals surface area contributed by atoms with E-state index in [1.807, 2.05) is 0 Å². The second-order valence-electron chi connectivity index (χ2n) is 8.78. The average molecular weight is 567 g/mol. The second kappa shape index (κ2) is 9.27. The highest BCUT2D eigenvalue weighted by Crippen LogP contribution is 2.46. The molecule has 3 aliphatic heterocycles. The first-order valence-electron chi connectivity index (χ1n) is 10.9. The van der Waals surface area contributed by atoms with Crippen molar-refractivity contribution in [3.63, 3.8) is 0 Å². The third-order valence-electron chi connectivity index (χ3n) is 6.11. The minimum atomic E-state index is -5.20. The predicted octanol–water partition coefficient (Wildman–Crippen LogP) is 2.54. The molecule has 3 saturated heterocycles. The summed E-state index contributed by atoms with van der Waals surface area (Å²) in [4.78, 5) is -0.553. The molecule has 0 amide bonds. The smallest absolute Gasteiger partial charge is 0.321 e. The number of hydrogen-bond acceptors (Lipinski definition) is 10. The van der Waals surface area contributed by atoms with Crippen LogP contribution in [0.3, 0.4) is 0 Å². The van der Waals surface area contributed by atoms with E-state index in [2.05, 4.69) is 4.74 Å². The highest BCUT2D eigenvalue weighted by molar-refractivity contribution is 7.87. The van der Waals surface area contributed by atoms with Gasteiger partial charge in [-0.1, -0.05) is 35.4 Å². The SMILES string of the molecule is Cc1ccc(S(=O)(=O)OC2C3OC4OC(C3OC(F)(F)F)C(OS(=O)(=O)c3ccc(C)cc3)C2O4)cc1. The van der Waals surface area contributed by atoms with Gasteiger partial charge >= 0.3 is 6.36 Å². The molecule has 0 radical (unpaired) electrons. The molecule has 10 nitrogen and oxygen atoms in total. The monoisotopic (exact) mass is 566 g/mol. The van der Waals surface area contributed by atoms with Gasteiger partial charge in [0, 0.05) is 0 Å². The normalized spacial score (nSPS) is 31.5. The van der Waals surface area contributed by atoms with E-state index in [0.29, 0.717) is 0 Å². The fourth-order valence-corrected chi connectivity index (χ4v) is 6.57. The molecule has 2 aromatic carbocycles. The van der Waals surface area contributed by atoms with Crippen molar-refractivity contribution < 1.29 is 57.3 Å². The van der Waals surface area contributed by atoms with Crippen LogP contribution in [-0.4, -0.2) is 66.3 Å². The first kappa shape index (κ1) is 26.5. The van der Waals surface area contributed by atoms with Crippen LogP contribution in [0.15, 0.2) is 58.3 Å². The van der Waals surface area contributed by atoms with Crippen LogP contribution in [0.1, 0.15) is 11.1 Å². The number of ether oxygens (including phenoxy) is 4. The topological polar surface area (TPSA) is 124 Å². The Morgan fingerprint density at radius 2 is 1.00 bits per heavy atom. The second-order valence-corrected chi connectivity index (χ2v) is 11.9. The lowest BCUT2D eigenvalue weighted by atomic mass is 9.82. The molecular formula is C22H21F3O10S2. The summed E-state index contributed by atoms with van der Waals surface area (Å²) in [5.74, 6) is 0. The van der Waals surface area contributed by atoms with Crippen LogP contribution in [0.5, 0.6) is 0 Å². The summed E-state index contributed by atoms with van der Waals surface area (Å²) >= 11 is 0. The first-order chi connectivity index (χ1) is 17.2. The van der Waals surface area contributed by atoms with Crippen molar-refractivity contribution in [1.29, 1.82) is 0 Å². The van der Waals surface area contributed by atoms with Crippen LogP contribution in [0, 0.1) is 13.8 Å². The van der Waals surface area contributed by atoms with Gasteiger partial charge in [-0.05, 0) is 38.1 Å². The van der Waals surface area contributed by atoms with Gasteiger partial charge in [-0.2, -0.15) is 16.8 Å². The molecule has 4 atom stereocenters. The molecule has 0 N–H and O–H groups in total. The van der Waals surface area contributed by atoms with Gasteiger partial charge in [0.15, 0.2) is 0 Å². The Hall–Kier alpha value is -2.11. The fraction of sp³-hybridized carbons (Fsp3) is 0.455. The highest BCUT2D eigenvalue weighted by atomic mass is 32.2. The zero-order valence-corrected chi connectivity index (χ0v) is 20.8. The molecule has 0 spiro atoms. The zero-order chi connectivity index (χ0) is 26.8. The summed E-state index contributed by atoms with van der Waals surface area (Å²) in [7, 11) is -9.11. The molecule has 15 heteroatoms. The number of aryl methyl sites for hydroxylation is 2. The third-order valence-corrected chi connectivity index (χ3v) is 8.76. The van der Waals surface area contributed by atoms with Crippen LogP contribution in [-0.2, 0) is 47.5 Å². The van der Waals surface area contributed by atoms with Crippen molar-refractivity contribution in [3.8, 4) is 0 Å². The number of alkyl halides is 3. The van der Waals surface area contributed by atoms with Crippen molar-refractivity contribution >= 4 is 20.2 Å². The van der Waals surface area contributed by atoms with E-state index in [1.54, 1.807) is 13.8 Å². The van der Waals surface area contributed by atoms with Crippen molar-refractivity contribution in [3.05, 3.63) is 59.7 Å². The van der Waals surface area contributed by atoms with E-state index in [9.17, 15) is 30.0 Å². The number of benzene rings is 2. The Balaban J connectivity index is 1.50. The van der Waals surface area contributed by atoms with Crippen LogP contribution < -0.4 is 0 Å². The molecule has 4 unspecified atom stereocenters. The first-order valence-corrected chi connectivity index (χ1v) is 13.8. The zero-order valence-electron chi connectivity index (χ0n) is 19.2. The molecule has 3 heterocycles. The summed E-state index contributed by atoms with van der Waals surface area (Å²) in [6.45, 7) is 1.95. The minimum absolute atomic E-state index is 0.277. The molecule has 4 fully saturated rings. The van der Waals surface area contributed by atoms with Gasteiger partial charge in [0.05, 0.1) is 9.79 Å². The number of halogens is 3. The van der Waals surface area contributed by atoms with Crippen LogP contribution in [0.2, 0.25) is 0 Å². The van der Waals surface area contributed by atoms with E-state index in [-0.39, 0.29) is 9.79 Å². The van der Waals surface area contributed by atoms with Crippen LogP contribution >= 0.6 is 0 Å². The van der Waals surface area contributed by atoms with Crippen molar-refractivity contribution in [2.45, 2.75) is 73.1 Å². The van der Waals surface area contributed by atoms with E-state index in [1.165, 1.54) is 48.5 Å². The summed E-state index contributed by atoms with van der Waals surface area (Å²) in [6, 6.07) is 11.0. The van der Waals surface area contributed by atoms with E-state index >= 15 is 0 Å². The van der Waals surface area contributed by atoms with E-state index in [4.69, 9.17) is 22.6 Å². The fourth-order valence-electron chi connectivity index (χ4n) is 4.39. The van der Waals surface area contributed by atoms with Gasteiger partial charge in [-0.15, -0.1) is 13.2 Å². The molecular weight excluding hydrogens is 545 g/mol. The molecule has 4 bridgehead atoms. The van der Waals surface area contributed by atoms with Crippen molar-refractivity contribution in [2.75, 3.05) is 0 Å². The van der Waals surface area contributed by atoms with E-state index < -0.39 is 69.7 Å². The maximum atomic E-state index is 13.3. The molecule has 0 aromatic heterocycles. The largest absolute Gasteiger partial charge is 0.522 e. The Morgan fingerprint density at radius 1 is 0.649 bits per heavy atom. The van der Waals surface area contributed by atoms with Crippen LogP contribution in [0.4, 0.5) is 13.2 Å². The maximum absolute atomic E-state index is 13.3. The summed E-state index contributed by atoms with van der Waals surface area (Å²) in [5.41, 5.74) is 1.51. The summed E-state index contributed by atoms with van der Waals surface area (Å²) in [6.07, 6.45) is -15.5. The average Bonchev–Trinajstić information content (AvgIpc) is 2.80. The number of rotatable bonds is 7. The van der Waals surface area contributed by atoms with Gasteiger partial charge in [0.25, 0.3) is 26.7 Å². The third kappa shape index (κ3) is 5.27. The maximum Gasteiger partial charge on any atom is 0.522 e. The standard InChI is InChI=1S/C22H21F3O10S2/c1-11-3-7-13(8-4-11)36(26,27)34-19-15-18(33-22(23,24)25)16-20(17(19)32-21(30-15)31-16)35-37(28,29)14-9-5-12(2)6-10-14/h3-10,15-21H,1-2H3. The van der Waals surface area contributed by atoms with Gasteiger partial charge in [-0.25, -0.2) is 0 Å². The summed E-state index contributed by atoms with van der Waals surface area (Å²) in [5, 5.41) is 0. The van der Waals surface area contributed by atoms with Crippen molar-refractivity contribution in [1.82, 2.24) is 0 Å². The Morgan fingerprint density at radius 3 is 1.35 bits per heavy atom. The van der Waals surface area contributed by atoms with Crippen LogP contribution in [0.25, 0.3) is 0 Å². The number of hydrogen-bond donors (Lipinski definition) is 0. The quantitative estimate of drug-likeness (QED) is 0.462. The molecule has 1 saturated carbocycles. The van der Waals surface area contributed by atoms with E-state index in [0.717, 1.165) is 11.1 Å². The molecule has 4 aliphatic rings. The summed E-state index contributed by atoms with van der Waals surface area (Å²) < 4.78 is 123. The van der Waals surface area contributed by atoms with Gasteiger partial charge in [0.2, 0.25) is 0 Å². The van der Waals surface area contributed by atoms with Crippen molar-refractivity contribution in [2.24, 2.45) is 0 Å². The molecule has 37 heavy (non-hydrogen) atoms. The Kier molecular flexibility index (Phi) is 6.64. The Bertz CT molecular complexity index is 1270. The van der Waals surface area contributed by atoms with Gasteiger partial charge < -0.3 is 14.2 Å². The minimum Gasteiger partial charge on any atom is -0.321 e. The lowest BCUT2D eigenvalue weighted by molar-refractivity contribution is -0.498.